The molecule has 0 saturated carbocycles. The molecule has 3 aliphatic heterocycles. The van der Waals surface area contributed by atoms with Crippen molar-refractivity contribution < 1.29 is 23.7 Å². The Labute approximate surface area is 107 Å². The maximum absolute atomic E-state index is 5.93. The lowest BCUT2D eigenvalue weighted by atomic mass is 9.97. The van der Waals surface area contributed by atoms with Crippen LogP contribution in [0.2, 0.25) is 0 Å². The highest BCUT2D eigenvalue weighted by Gasteiger charge is 2.64. The van der Waals surface area contributed by atoms with Crippen molar-refractivity contribution in [2.75, 3.05) is 6.61 Å². The Bertz CT molecular complexity index is 378. The van der Waals surface area contributed by atoms with Gasteiger partial charge in [-0.1, -0.05) is 6.58 Å². The molecule has 0 aromatic rings. The molecule has 0 spiro atoms. The van der Waals surface area contributed by atoms with Gasteiger partial charge in [-0.3, -0.25) is 0 Å². The monoisotopic (exact) mass is 256 g/mol. The Hall–Kier alpha value is -0.460. The molecular weight excluding hydrogens is 236 g/mol. The molecule has 0 bridgehead atoms. The number of fused-ring (bicyclic) bond motifs is 3. The molecule has 0 amide bonds. The van der Waals surface area contributed by atoms with Gasteiger partial charge in [-0.25, -0.2) is 0 Å². The normalized spacial score (nSPS) is 48.6. The van der Waals surface area contributed by atoms with Crippen molar-refractivity contribution in [2.45, 2.75) is 63.4 Å². The molecule has 3 fully saturated rings. The van der Waals surface area contributed by atoms with E-state index in [1.807, 2.05) is 27.7 Å². The van der Waals surface area contributed by atoms with Crippen molar-refractivity contribution in [1.29, 1.82) is 0 Å². The first-order valence-electron chi connectivity index (χ1n) is 6.28. The third-order valence-electron chi connectivity index (χ3n) is 3.49. The van der Waals surface area contributed by atoms with Crippen molar-refractivity contribution in [2.24, 2.45) is 0 Å². The molecule has 5 nitrogen and oxygen atoms in total. The van der Waals surface area contributed by atoms with E-state index >= 15 is 0 Å². The van der Waals surface area contributed by atoms with Crippen LogP contribution in [-0.2, 0) is 23.7 Å². The molecule has 18 heavy (non-hydrogen) atoms. The number of hydrogen-bond donors (Lipinski definition) is 0. The number of rotatable bonds is 1. The molecule has 0 N–H and O–H groups in total. The second-order valence-corrected chi connectivity index (χ2v) is 5.92. The van der Waals surface area contributed by atoms with Crippen LogP contribution >= 0.6 is 0 Å². The van der Waals surface area contributed by atoms with Crippen molar-refractivity contribution in [3.63, 3.8) is 0 Å². The molecule has 3 heterocycles. The summed E-state index contributed by atoms with van der Waals surface area (Å²) < 4.78 is 29.3. The first kappa shape index (κ1) is 12.6. The standard InChI is InChI=1S/C13H20O5/c1-6-13-10(17-12(4,5)18-13)9-8(7-14-13)15-11(2,3)16-9/h6,8-10H,1,7H2,2-5H3/t8-,9-,10+,13+/m1/s1. The summed E-state index contributed by atoms with van der Waals surface area (Å²) in [6, 6.07) is 0. The average Bonchev–Trinajstić information content (AvgIpc) is 2.70. The van der Waals surface area contributed by atoms with E-state index in [0.717, 1.165) is 0 Å². The van der Waals surface area contributed by atoms with Gasteiger partial charge in [0, 0.05) is 0 Å². The molecule has 5 heteroatoms. The van der Waals surface area contributed by atoms with E-state index in [-0.39, 0.29) is 18.3 Å². The molecule has 0 unspecified atom stereocenters. The minimum Gasteiger partial charge on any atom is -0.342 e. The maximum Gasteiger partial charge on any atom is 0.220 e. The molecule has 3 saturated heterocycles. The molecular formula is C13H20O5. The zero-order valence-electron chi connectivity index (χ0n) is 11.3. The highest BCUT2D eigenvalue weighted by Crippen LogP contribution is 2.47. The predicted molar refractivity (Wildman–Crippen MR) is 62.7 cm³/mol. The van der Waals surface area contributed by atoms with Crippen LogP contribution in [0, 0.1) is 0 Å². The first-order chi connectivity index (χ1) is 8.27. The SMILES string of the molecule is C=C[C@@]12OC[C@H]3OC(C)(C)O[C@H]3[C@@H]1OC(C)(C)O2. The van der Waals surface area contributed by atoms with Crippen LogP contribution in [0.15, 0.2) is 12.7 Å². The van der Waals surface area contributed by atoms with E-state index in [0.29, 0.717) is 6.61 Å². The second-order valence-electron chi connectivity index (χ2n) is 5.92. The lowest BCUT2D eigenvalue weighted by molar-refractivity contribution is -0.252. The molecule has 0 aliphatic carbocycles. The van der Waals surface area contributed by atoms with Crippen molar-refractivity contribution in [1.82, 2.24) is 0 Å². The summed E-state index contributed by atoms with van der Waals surface area (Å²) in [4.78, 5) is 0. The maximum atomic E-state index is 5.93. The van der Waals surface area contributed by atoms with E-state index in [9.17, 15) is 0 Å². The first-order valence-corrected chi connectivity index (χ1v) is 6.28. The van der Waals surface area contributed by atoms with E-state index in [1.165, 1.54) is 0 Å². The van der Waals surface area contributed by atoms with Crippen LogP contribution in [-0.4, -0.2) is 42.3 Å². The zero-order chi connectivity index (χ0) is 13.2. The van der Waals surface area contributed by atoms with E-state index in [4.69, 9.17) is 23.7 Å². The van der Waals surface area contributed by atoms with Gasteiger partial charge in [0.1, 0.15) is 18.3 Å². The lowest BCUT2D eigenvalue weighted by Crippen LogP contribution is -2.57. The molecule has 102 valence electrons. The van der Waals surface area contributed by atoms with Crippen LogP contribution in [0.5, 0.6) is 0 Å². The topological polar surface area (TPSA) is 46.2 Å². The van der Waals surface area contributed by atoms with Crippen molar-refractivity contribution in [3.8, 4) is 0 Å². The Morgan fingerprint density at radius 2 is 1.78 bits per heavy atom. The Morgan fingerprint density at radius 3 is 2.44 bits per heavy atom. The van der Waals surface area contributed by atoms with Gasteiger partial charge in [0.25, 0.3) is 0 Å². The summed E-state index contributed by atoms with van der Waals surface area (Å²) in [5, 5.41) is 0. The van der Waals surface area contributed by atoms with Crippen molar-refractivity contribution in [3.05, 3.63) is 12.7 Å². The largest absolute Gasteiger partial charge is 0.342 e. The van der Waals surface area contributed by atoms with Gasteiger partial charge in [-0.15, -0.1) is 0 Å². The summed E-state index contributed by atoms with van der Waals surface area (Å²) in [6.45, 7) is 11.7. The fraction of sp³-hybridized carbons (Fsp3) is 0.846. The fourth-order valence-electron chi connectivity index (χ4n) is 2.94. The van der Waals surface area contributed by atoms with Gasteiger partial charge in [0.15, 0.2) is 11.6 Å². The zero-order valence-corrected chi connectivity index (χ0v) is 11.3. The van der Waals surface area contributed by atoms with E-state index in [1.54, 1.807) is 6.08 Å². The number of ether oxygens (including phenoxy) is 5. The predicted octanol–water partition coefficient (Wildman–Crippen LogP) is 1.57. The second kappa shape index (κ2) is 3.55. The van der Waals surface area contributed by atoms with Crippen LogP contribution in [0.25, 0.3) is 0 Å². The summed E-state index contributed by atoms with van der Waals surface area (Å²) in [5.74, 6) is -2.27. The van der Waals surface area contributed by atoms with Gasteiger partial charge >= 0.3 is 0 Å². The fourth-order valence-corrected chi connectivity index (χ4v) is 2.94. The van der Waals surface area contributed by atoms with E-state index < -0.39 is 17.4 Å². The summed E-state index contributed by atoms with van der Waals surface area (Å²) in [5.41, 5.74) is 0. The minimum absolute atomic E-state index is 0.129. The molecule has 3 rings (SSSR count). The third-order valence-corrected chi connectivity index (χ3v) is 3.49. The Kier molecular flexibility index (Phi) is 2.48. The molecule has 0 radical (unpaired) electrons. The van der Waals surface area contributed by atoms with Crippen LogP contribution in [0.4, 0.5) is 0 Å². The number of hydrogen-bond acceptors (Lipinski definition) is 5. The van der Waals surface area contributed by atoms with Crippen LogP contribution < -0.4 is 0 Å². The van der Waals surface area contributed by atoms with E-state index in [2.05, 4.69) is 6.58 Å². The van der Waals surface area contributed by atoms with Gasteiger partial charge in [0.05, 0.1) is 6.61 Å². The summed E-state index contributed by atoms with van der Waals surface area (Å²) >= 11 is 0. The molecule has 0 aromatic carbocycles. The minimum atomic E-state index is -0.936. The van der Waals surface area contributed by atoms with Crippen LogP contribution in [0.3, 0.4) is 0 Å². The van der Waals surface area contributed by atoms with Gasteiger partial charge in [-0.2, -0.15) is 0 Å². The van der Waals surface area contributed by atoms with Gasteiger partial charge < -0.3 is 23.7 Å². The lowest BCUT2D eigenvalue weighted by Gasteiger charge is -2.38. The van der Waals surface area contributed by atoms with Crippen LogP contribution in [0.1, 0.15) is 27.7 Å². The Morgan fingerprint density at radius 1 is 1.06 bits per heavy atom. The smallest absolute Gasteiger partial charge is 0.220 e. The average molecular weight is 256 g/mol. The quantitative estimate of drug-likeness (QED) is 0.666. The molecule has 4 atom stereocenters. The molecule has 0 aromatic heterocycles. The third kappa shape index (κ3) is 1.73. The Balaban J connectivity index is 1.93. The summed E-state index contributed by atoms with van der Waals surface area (Å²) in [7, 11) is 0. The van der Waals surface area contributed by atoms with Gasteiger partial charge in [0.2, 0.25) is 5.79 Å². The summed E-state index contributed by atoms with van der Waals surface area (Å²) in [6.07, 6.45) is 0.965. The van der Waals surface area contributed by atoms with Crippen molar-refractivity contribution >= 4 is 0 Å². The highest BCUT2D eigenvalue weighted by molar-refractivity contribution is 5.10. The van der Waals surface area contributed by atoms with Gasteiger partial charge in [-0.05, 0) is 33.8 Å². The highest BCUT2D eigenvalue weighted by atomic mass is 16.9. The molecule has 3 aliphatic rings.